The molecule has 33 heavy (non-hydrogen) atoms. The normalized spacial score (nSPS) is 13.2. The molecule has 1 saturated heterocycles. The molecule has 0 spiro atoms. The van der Waals surface area contributed by atoms with Crippen molar-refractivity contribution in [2.75, 3.05) is 18.4 Å². The molecule has 1 N–H and O–H groups in total. The van der Waals surface area contributed by atoms with Crippen LogP contribution in [-0.4, -0.2) is 39.6 Å². The summed E-state index contributed by atoms with van der Waals surface area (Å²) in [6.07, 6.45) is 3.86. The van der Waals surface area contributed by atoms with Gasteiger partial charge < -0.3 is 10.2 Å². The van der Waals surface area contributed by atoms with Crippen molar-refractivity contribution in [3.63, 3.8) is 0 Å². The molecule has 0 unspecified atom stereocenters. The molecule has 0 aliphatic carbocycles. The SMILES string of the molecule is O=C(Nc1ccc(C(=O)N2CCCC2)cc1)c1cn(-c2ccccc2)nc1-c1ccccc1. The molecule has 6 nitrogen and oxygen atoms in total. The summed E-state index contributed by atoms with van der Waals surface area (Å²) in [4.78, 5) is 27.7. The van der Waals surface area contributed by atoms with Gasteiger partial charge in [0.15, 0.2) is 0 Å². The Labute approximate surface area is 192 Å². The van der Waals surface area contributed by atoms with E-state index in [0.29, 0.717) is 22.5 Å². The second-order valence-electron chi connectivity index (χ2n) is 8.07. The van der Waals surface area contributed by atoms with E-state index in [2.05, 4.69) is 5.32 Å². The zero-order valence-corrected chi connectivity index (χ0v) is 18.1. The predicted molar refractivity (Wildman–Crippen MR) is 129 cm³/mol. The highest BCUT2D eigenvalue weighted by atomic mass is 16.2. The maximum absolute atomic E-state index is 13.2. The molecule has 2 amide bonds. The summed E-state index contributed by atoms with van der Waals surface area (Å²) in [6, 6.07) is 26.4. The minimum absolute atomic E-state index is 0.0425. The molecule has 1 aliphatic rings. The van der Waals surface area contributed by atoms with Crippen LogP contribution in [0.1, 0.15) is 33.6 Å². The Morgan fingerprint density at radius 1 is 0.788 bits per heavy atom. The molecule has 0 atom stereocenters. The van der Waals surface area contributed by atoms with Gasteiger partial charge in [0.1, 0.15) is 5.69 Å². The van der Waals surface area contributed by atoms with Crippen molar-refractivity contribution in [3.8, 4) is 16.9 Å². The first-order chi connectivity index (χ1) is 16.2. The molecule has 5 rings (SSSR count). The number of likely N-dealkylation sites (tertiary alicyclic amines) is 1. The summed E-state index contributed by atoms with van der Waals surface area (Å²) in [5, 5.41) is 7.65. The van der Waals surface area contributed by atoms with E-state index in [0.717, 1.165) is 37.2 Å². The van der Waals surface area contributed by atoms with E-state index in [1.54, 1.807) is 35.1 Å². The van der Waals surface area contributed by atoms with Crippen LogP contribution in [0, 0.1) is 0 Å². The van der Waals surface area contributed by atoms with Gasteiger partial charge in [0, 0.05) is 36.1 Å². The van der Waals surface area contributed by atoms with Crippen LogP contribution in [0.3, 0.4) is 0 Å². The van der Waals surface area contributed by atoms with Crippen molar-refractivity contribution < 1.29 is 9.59 Å². The largest absolute Gasteiger partial charge is 0.339 e. The molecule has 4 aromatic rings. The van der Waals surface area contributed by atoms with E-state index < -0.39 is 0 Å². The summed E-state index contributed by atoms with van der Waals surface area (Å²) in [7, 11) is 0. The van der Waals surface area contributed by atoms with Gasteiger partial charge in [-0.2, -0.15) is 5.10 Å². The Morgan fingerprint density at radius 3 is 2.09 bits per heavy atom. The summed E-state index contributed by atoms with van der Waals surface area (Å²) in [5.74, 6) is -0.212. The Kier molecular flexibility index (Phi) is 5.72. The second kappa shape index (κ2) is 9.12. The zero-order chi connectivity index (χ0) is 22.6. The Morgan fingerprint density at radius 2 is 1.42 bits per heavy atom. The van der Waals surface area contributed by atoms with Gasteiger partial charge in [-0.1, -0.05) is 48.5 Å². The van der Waals surface area contributed by atoms with Gasteiger partial charge in [0.25, 0.3) is 11.8 Å². The Hall–Kier alpha value is -4.19. The van der Waals surface area contributed by atoms with Crippen LogP contribution in [0.15, 0.2) is 91.1 Å². The molecule has 1 aliphatic heterocycles. The van der Waals surface area contributed by atoms with E-state index >= 15 is 0 Å². The van der Waals surface area contributed by atoms with Crippen LogP contribution in [0.25, 0.3) is 16.9 Å². The van der Waals surface area contributed by atoms with Gasteiger partial charge in [0.05, 0.1) is 11.3 Å². The van der Waals surface area contributed by atoms with Crippen LogP contribution in [-0.2, 0) is 0 Å². The van der Waals surface area contributed by atoms with Crippen molar-refractivity contribution in [3.05, 3.63) is 102 Å². The van der Waals surface area contributed by atoms with E-state index in [4.69, 9.17) is 5.10 Å². The molecule has 6 heteroatoms. The topological polar surface area (TPSA) is 67.2 Å². The molecule has 164 valence electrons. The zero-order valence-electron chi connectivity index (χ0n) is 18.1. The quantitative estimate of drug-likeness (QED) is 0.477. The molecular weight excluding hydrogens is 412 g/mol. The number of nitrogens with one attached hydrogen (secondary N) is 1. The number of anilines is 1. The fraction of sp³-hybridized carbons (Fsp3) is 0.148. The van der Waals surface area contributed by atoms with E-state index in [1.807, 2.05) is 65.6 Å². The fourth-order valence-electron chi connectivity index (χ4n) is 4.06. The third-order valence-corrected chi connectivity index (χ3v) is 5.81. The van der Waals surface area contributed by atoms with Gasteiger partial charge in [0.2, 0.25) is 0 Å². The molecule has 1 fully saturated rings. The van der Waals surface area contributed by atoms with Crippen molar-refractivity contribution in [1.82, 2.24) is 14.7 Å². The van der Waals surface area contributed by atoms with Crippen molar-refractivity contribution in [2.24, 2.45) is 0 Å². The Bertz CT molecular complexity index is 1260. The average molecular weight is 437 g/mol. The van der Waals surface area contributed by atoms with Crippen molar-refractivity contribution in [2.45, 2.75) is 12.8 Å². The molecule has 0 bridgehead atoms. The monoisotopic (exact) mass is 436 g/mol. The number of hydrogen-bond donors (Lipinski definition) is 1. The standard InChI is InChI=1S/C27H24N4O2/c32-26(28-22-15-13-21(14-16-22)27(33)30-17-7-8-18-30)24-19-31(23-11-5-2-6-12-23)29-25(24)20-9-3-1-4-10-20/h1-6,9-16,19H,7-8,17-18H2,(H,28,32). The third-order valence-electron chi connectivity index (χ3n) is 5.81. The highest BCUT2D eigenvalue weighted by Crippen LogP contribution is 2.25. The van der Waals surface area contributed by atoms with Gasteiger partial charge in [-0.25, -0.2) is 4.68 Å². The second-order valence-corrected chi connectivity index (χ2v) is 8.07. The van der Waals surface area contributed by atoms with E-state index in [1.165, 1.54) is 0 Å². The molecule has 3 aromatic carbocycles. The molecule has 2 heterocycles. The smallest absolute Gasteiger partial charge is 0.259 e. The van der Waals surface area contributed by atoms with Gasteiger partial charge >= 0.3 is 0 Å². The summed E-state index contributed by atoms with van der Waals surface area (Å²) in [6.45, 7) is 1.62. The minimum atomic E-state index is -0.255. The number of carbonyl (C=O) groups is 2. The predicted octanol–water partition coefficient (Wildman–Crippen LogP) is 5.03. The Balaban J connectivity index is 1.41. The van der Waals surface area contributed by atoms with E-state index in [-0.39, 0.29) is 11.8 Å². The molecular formula is C27H24N4O2. The van der Waals surface area contributed by atoms with Crippen LogP contribution >= 0.6 is 0 Å². The maximum Gasteiger partial charge on any atom is 0.259 e. The highest BCUT2D eigenvalue weighted by molar-refractivity contribution is 6.08. The minimum Gasteiger partial charge on any atom is -0.339 e. The number of para-hydroxylation sites is 1. The molecule has 0 saturated carbocycles. The number of aromatic nitrogens is 2. The first kappa shape index (κ1) is 20.7. The summed E-state index contributed by atoms with van der Waals surface area (Å²) in [5.41, 5.74) is 4.09. The lowest BCUT2D eigenvalue weighted by Crippen LogP contribution is -2.27. The molecule has 0 radical (unpaired) electrons. The third kappa shape index (κ3) is 4.41. The number of amides is 2. The van der Waals surface area contributed by atoms with Gasteiger partial charge in [-0.15, -0.1) is 0 Å². The van der Waals surface area contributed by atoms with Gasteiger partial charge in [-0.05, 0) is 49.2 Å². The maximum atomic E-state index is 13.2. The fourth-order valence-corrected chi connectivity index (χ4v) is 4.06. The summed E-state index contributed by atoms with van der Waals surface area (Å²) < 4.78 is 1.72. The lowest BCUT2D eigenvalue weighted by Gasteiger charge is -2.15. The lowest BCUT2D eigenvalue weighted by atomic mass is 10.1. The number of benzene rings is 3. The highest BCUT2D eigenvalue weighted by Gasteiger charge is 2.21. The number of carbonyl (C=O) groups excluding carboxylic acids is 2. The van der Waals surface area contributed by atoms with Gasteiger partial charge in [-0.3, -0.25) is 9.59 Å². The van der Waals surface area contributed by atoms with Crippen LogP contribution < -0.4 is 5.32 Å². The van der Waals surface area contributed by atoms with E-state index in [9.17, 15) is 9.59 Å². The van der Waals surface area contributed by atoms with Crippen molar-refractivity contribution in [1.29, 1.82) is 0 Å². The lowest BCUT2D eigenvalue weighted by molar-refractivity contribution is 0.0792. The van der Waals surface area contributed by atoms with Crippen LogP contribution in [0.4, 0.5) is 5.69 Å². The summed E-state index contributed by atoms with van der Waals surface area (Å²) >= 11 is 0. The number of hydrogen-bond acceptors (Lipinski definition) is 3. The average Bonchev–Trinajstić information content (AvgIpc) is 3.56. The first-order valence-corrected chi connectivity index (χ1v) is 11.1. The number of nitrogens with zero attached hydrogens (tertiary/aromatic N) is 3. The van der Waals surface area contributed by atoms with Crippen LogP contribution in [0.2, 0.25) is 0 Å². The number of rotatable bonds is 5. The molecule has 1 aromatic heterocycles. The first-order valence-electron chi connectivity index (χ1n) is 11.1. The van der Waals surface area contributed by atoms with Crippen LogP contribution in [0.5, 0.6) is 0 Å². The van der Waals surface area contributed by atoms with Crippen molar-refractivity contribution >= 4 is 17.5 Å².